The molecule has 8 heteroatoms. The average Bonchev–Trinajstić information content (AvgIpc) is 2.82. The lowest BCUT2D eigenvalue weighted by atomic mass is 10.1. The normalized spacial score (nSPS) is 14.5. The molecule has 3 aromatic carbocycles. The van der Waals surface area contributed by atoms with Crippen LogP contribution in [0.4, 0.5) is 17.1 Å². The Labute approximate surface area is 187 Å². The Balaban J connectivity index is 1.40. The molecule has 0 aromatic heterocycles. The smallest absolute Gasteiger partial charge is 0.292 e. The third kappa shape index (κ3) is 5.09. The van der Waals surface area contributed by atoms with Crippen molar-refractivity contribution in [3.63, 3.8) is 0 Å². The van der Waals surface area contributed by atoms with Crippen LogP contribution in [0, 0.1) is 10.1 Å². The molecule has 1 heterocycles. The molecule has 2 N–H and O–H groups in total. The predicted octanol–water partition coefficient (Wildman–Crippen LogP) is 3.35. The minimum Gasteiger partial charge on any atom is -0.491 e. The molecule has 0 spiro atoms. The minimum atomic E-state index is -0.364. The number of hydrogen-bond donors (Lipinski definition) is 2. The zero-order chi connectivity index (χ0) is 22.3. The molecule has 1 aliphatic rings. The van der Waals surface area contributed by atoms with Crippen LogP contribution in [-0.2, 0) is 0 Å². The van der Waals surface area contributed by atoms with Crippen LogP contribution < -0.4 is 15.0 Å². The lowest BCUT2D eigenvalue weighted by Gasteiger charge is -2.35. The number of β-amino-alcohol motifs (C(OH)–C–C–N with tert-alkyl or cyclic N) is 1. The molecular weight excluding hydrogens is 408 g/mol. The van der Waals surface area contributed by atoms with Gasteiger partial charge in [-0.05, 0) is 23.6 Å². The summed E-state index contributed by atoms with van der Waals surface area (Å²) in [7, 11) is 0. The van der Waals surface area contributed by atoms with Crippen molar-refractivity contribution in [3.05, 3.63) is 70.8 Å². The Kier molecular flexibility index (Phi) is 7.03. The van der Waals surface area contributed by atoms with E-state index in [4.69, 9.17) is 9.84 Å². The van der Waals surface area contributed by atoms with Gasteiger partial charge in [0.1, 0.15) is 18.0 Å². The van der Waals surface area contributed by atoms with Gasteiger partial charge in [0, 0.05) is 56.4 Å². The number of nitro benzene ring substituents is 1. The van der Waals surface area contributed by atoms with Gasteiger partial charge in [0.15, 0.2) is 0 Å². The van der Waals surface area contributed by atoms with Gasteiger partial charge in [0.25, 0.3) is 5.69 Å². The lowest BCUT2D eigenvalue weighted by Crippen LogP contribution is -2.47. The van der Waals surface area contributed by atoms with E-state index in [0.717, 1.165) is 48.4 Å². The maximum atomic E-state index is 11.5. The third-order valence-electron chi connectivity index (χ3n) is 5.76. The van der Waals surface area contributed by atoms with E-state index >= 15 is 0 Å². The number of piperazine rings is 1. The summed E-state index contributed by atoms with van der Waals surface area (Å²) in [6.07, 6.45) is 0. The number of hydrogen-bond acceptors (Lipinski definition) is 7. The highest BCUT2D eigenvalue weighted by molar-refractivity contribution is 5.88. The van der Waals surface area contributed by atoms with Gasteiger partial charge < -0.3 is 20.1 Å². The standard InChI is InChI=1S/C24H28N4O4/c29-16-15-26-11-13-27(14-12-26)20-8-9-23(28(30)31)22(18-20)25-10-17-32-24-7-3-5-19-4-1-2-6-21(19)24/h1-9,18,25,29H,10-17H2. The molecule has 8 nitrogen and oxygen atoms in total. The molecule has 0 aliphatic carbocycles. The Morgan fingerprint density at radius 3 is 2.59 bits per heavy atom. The van der Waals surface area contributed by atoms with Crippen molar-refractivity contribution >= 4 is 27.8 Å². The molecule has 0 bridgehead atoms. The largest absolute Gasteiger partial charge is 0.491 e. The Morgan fingerprint density at radius 2 is 1.81 bits per heavy atom. The van der Waals surface area contributed by atoms with Crippen LogP contribution in [0.15, 0.2) is 60.7 Å². The summed E-state index contributed by atoms with van der Waals surface area (Å²) in [6.45, 7) is 5.03. The number of anilines is 2. The van der Waals surface area contributed by atoms with Gasteiger partial charge in [-0.2, -0.15) is 0 Å². The molecule has 32 heavy (non-hydrogen) atoms. The van der Waals surface area contributed by atoms with Gasteiger partial charge in [0.05, 0.1) is 11.5 Å². The highest BCUT2D eigenvalue weighted by Gasteiger charge is 2.20. The van der Waals surface area contributed by atoms with Crippen molar-refractivity contribution in [2.45, 2.75) is 0 Å². The van der Waals surface area contributed by atoms with Crippen molar-refractivity contribution in [2.24, 2.45) is 0 Å². The Morgan fingerprint density at radius 1 is 1.03 bits per heavy atom. The zero-order valence-corrected chi connectivity index (χ0v) is 17.9. The number of rotatable bonds is 9. The third-order valence-corrected chi connectivity index (χ3v) is 5.76. The van der Waals surface area contributed by atoms with E-state index in [0.29, 0.717) is 25.4 Å². The highest BCUT2D eigenvalue weighted by atomic mass is 16.6. The Hall–Kier alpha value is -3.36. The van der Waals surface area contributed by atoms with E-state index in [9.17, 15) is 10.1 Å². The topological polar surface area (TPSA) is 91.1 Å². The molecule has 168 valence electrons. The number of fused-ring (bicyclic) bond motifs is 1. The first-order valence-corrected chi connectivity index (χ1v) is 10.9. The molecule has 3 aromatic rings. The SMILES string of the molecule is O=[N+]([O-])c1ccc(N2CCN(CCO)CC2)cc1NCCOc1cccc2ccccc12. The van der Waals surface area contributed by atoms with Crippen molar-refractivity contribution in [3.8, 4) is 5.75 Å². The molecule has 1 aliphatic heterocycles. The number of nitro groups is 1. The molecule has 1 saturated heterocycles. The monoisotopic (exact) mass is 436 g/mol. The van der Waals surface area contributed by atoms with Gasteiger partial charge in [-0.15, -0.1) is 0 Å². The van der Waals surface area contributed by atoms with Crippen LogP contribution in [0.2, 0.25) is 0 Å². The summed E-state index contributed by atoms with van der Waals surface area (Å²) >= 11 is 0. The number of aliphatic hydroxyl groups excluding tert-OH is 1. The average molecular weight is 437 g/mol. The second kappa shape index (κ2) is 10.3. The number of nitrogens with one attached hydrogen (secondary N) is 1. The summed E-state index contributed by atoms with van der Waals surface area (Å²) < 4.78 is 5.95. The van der Waals surface area contributed by atoms with E-state index in [1.165, 1.54) is 0 Å². The van der Waals surface area contributed by atoms with Gasteiger partial charge in [-0.1, -0.05) is 36.4 Å². The van der Waals surface area contributed by atoms with E-state index in [1.54, 1.807) is 12.1 Å². The van der Waals surface area contributed by atoms with Crippen molar-refractivity contribution in [2.75, 3.05) is 62.7 Å². The Bertz CT molecular complexity index is 1060. The molecule has 1 fully saturated rings. The van der Waals surface area contributed by atoms with Gasteiger partial charge in [-0.3, -0.25) is 15.0 Å². The summed E-state index contributed by atoms with van der Waals surface area (Å²) in [6, 6.07) is 19.2. The van der Waals surface area contributed by atoms with E-state index in [-0.39, 0.29) is 17.2 Å². The number of aliphatic hydroxyl groups is 1. The first-order chi connectivity index (χ1) is 15.7. The van der Waals surface area contributed by atoms with Crippen molar-refractivity contribution in [1.82, 2.24) is 4.90 Å². The zero-order valence-electron chi connectivity index (χ0n) is 17.9. The van der Waals surface area contributed by atoms with E-state index in [2.05, 4.69) is 15.1 Å². The highest BCUT2D eigenvalue weighted by Crippen LogP contribution is 2.30. The molecule has 0 amide bonds. The fraction of sp³-hybridized carbons (Fsp3) is 0.333. The van der Waals surface area contributed by atoms with Crippen molar-refractivity contribution in [1.29, 1.82) is 0 Å². The lowest BCUT2D eigenvalue weighted by molar-refractivity contribution is -0.383. The number of nitrogens with zero attached hydrogens (tertiary/aromatic N) is 3. The first-order valence-electron chi connectivity index (χ1n) is 10.9. The molecule has 4 rings (SSSR count). The van der Waals surface area contributed by atoms with Crippen LogP contribution in [-0.4, -0.2) is 67.4 Å². The maximum Gasteiger partial charge on any atom is 0.292 e. The van der Waals surface area contributed by atoms with E-state index in [1.807, 2.05) is 48.5 Å². The first kappa shape index (κ1) is 21.9. The maximum absolute atomic E-state index is 11.5. The van der Waals surface area contributed by atoms with Crippen LogP contribution in [0.25, 0.3) is 10.8 Å². The molecule has 0 saturated carbocycles. The van der Waals surface area contributed by atoms with Crippen LogP contribution in [0.1, 0.15) is 0 Å². The predicted molar refractivity (Wildman–Crippen MR) is 127 cm³/mol. The second-order valence-corrected chi connectivity index (χ2v) is 7.76. The summed E-state index contributed by atoms with van der Waals surface area (Å²) in [5.74, 6) is 0.800. The van der Waals surface area contributed by atoms with Crippen LogP contribution in [0.3, 0.4) is 0 Å². The van der Waals surface area contributed by atoms with Gasteiger partial charge in [0.2, 0.25) is 0 Å². The van der Waals surface area contributed by atoms with Gasteiger partial charge in [-0.25, -0.2) is 0 Å². The quantitative estimate of drug-likeness (QED) is 0.302. The molecule has 0 unspecified atom stereocenters. The summed E-state index contributed by atoms with van der Waals surface area (Å²) in [4.78, 5) is 15.6. The summed E-state index contributed by atoms with van der Waals surface area (Å²) in [5.41, 5.74) is 1.50. The number of ether oxygens (including phenoxy) is 1. The van der Waals surface area contributed by atoms with Gasteiger partial charge >= 0.3 is 0 Å². The summed E-state index contributed by atoms with van der Waals surface area (Å²) in [5, 5.41) is 26.0. The van der Waals surface area contributed by atoms with Crippen LogP contribution >= 0.6 is 0 Å². The van der Waals surface area contributed by atoms with Crippen molar-refractivity contribution < 1.29 is 14.8 Å². The fourth-order valence-electron chi connectivity index (χ4n) is 4.06. The van der Waals surface area contributed by atoms with Crippen LogP contribution in [0.5, 0.6) is 5.75 Å². The number of benzene rings is 3. The molecule has 0 atom stereocenters. The fourth-order valence-corrected chi connectivity index (χ4v) is 4.06. The van der Waals surface area contributed by atoms with E-state index < -0.39 is 0 Å². The molecule has 0 radical (unpaired) electrons. The second-order valence-electron chi connectivity index (χ2n) is 7.76. The minimum absolute atomic E-state index is 0.0535. The molecular formula is C24H28N4O4.